The largest absolute Gasteiger partial charge is 0.508 e. The molecule has 0 atom stereocenters. The van der Waals surface area contributed by atoms with E-state index in [1.165, 1.54) is 6.92 Å². The number of fused-ring (bicyclic) bond motifs is 1. The van der Waals surface area contributed by atoms with Crippen molar-refractivity contribution in [1.29, 1.82) is 0 Å². The molecule has 69 valence electrons. The Balaban J connectivity index is 0.000000980. The predicted octanol–water partition coefficient (Wildman–Crippen LogP) is 1.72. The minimum atomic E-state index is 0. The number of benzene rings is 1. The van der Waals surface area contributed by atoms with Crippen molar-refractivity contribution in [3.05, 3.63) is 35.4 Å². The molecule has 2 rings (SSSR count). The van der Waals surface area contributed by atoms with Crippen LogP contribution in [0.5, 0.6) is 5.75 Å². The molecule has 0 unspecified atom stereocenters. The monoisotopic (exact) mass is 262 g/mol. The summed E-state index contributed by atoms with van der Waals surface area (Å²) in [6, 6.07) is 5.04. The zero-order valence-electron chi connectivity index (χ0n) is 7.87. The second kappa shape index (κ2) is 4.37. The molecular weight excluding hydrogens is 253 g/mol. The number of phenolic OH excluding ortho intramolecular Hbond substituents is 1. The summed E-state index contributed by atoms with van der Waals surface area (Å²) in [5.74, 6) is 0.273. The molecule has 1 radical (unpaired) electrons. The number of hydrogen-bond donors (Lipinski definition) is 1. The first-order chi connectivity index (χ1) is 6.18. The molecule has 0 amide bonds. The van der Waals surface area contributed by atoms with Gasteiger partial charge in [0.15, 0.2) is 0 Å². The van der Waals surface area contributed by atoms with Gasteiger partial charge in [0.1, 0.15) is 5.75 Å². The fourth-order valence-corrected chi connectivity index (χ4v) is 1.56. The Morgan fingerprint density at radius 1 is 1.50 bits per heavy atom. The molecule has 0 spiro atoms. The van der Waals surface area contributed by atoms with Gasteiger partial charge in [-0.2, -0.15) is 6.08 Å². The van der Waals surface area contributed by atoms with Crippen molar-refractivity contribution in [2.45, 2.75) is 13.3 Å². The molecule has 1 N–H and O–H groups in total. The Morgan fingerprint density at radius 2 is 2.21 bits per heavy atom. The molecule has 0 bridgehead atoms. The van der Waals surface area contributed by atoms with Crippen molar-refractivity contribution >= 4 is 11.4 Å². The van der Waals surface area contributed by atoms with Crippen LogP contribution in [0.4, 0.5) is 0 Å². The topological polar surface area (TPSA) is 37.3 Å². The van der Waals surface area contributed by atoms with Crippen molar-refractivity contribution < 1.29 is 42.6 Å². The van der Waals surface area contributed by atoms with Gasteiger partial charge in [0.05, 0.1) is 0 Å². The van der Waals surface area contributed by atoms with E-state index in [0.29, 0.717) is 12.0 Å². The number of ketones is 1. The summed E-state index contributed by atoms with van der Waals surface area (Å²) in [6.07, 6.45) is 3.63. The van der Waals surface area contributed by atoms with Crippen molar-refractivity contribution in [1.82, 2.24) is 0 Å². The zero-order valence-corrected chi connectivity index (χ0v) is 10.7. The van der Waals surface area contributed by atoms with E-state index in [1.54, 1.807) is 18.2 Å². The number of hydrogen-bond acceptors (Lipinski definition) is 2. The third-order valence-corrected chi connectivity index (χ3v) is 2.17. The summed E-state index contributed by atoms with van der Waals surface area (Å²) in [5.41, 5.74) is 2.53. The Kier molecular flexibility index (Phi) is 3.62. The first-order valence-corrected chi connectivity index (χ1v) is 4.12. The number of allylic oxidation sites excluding steroid dienone is 2. The fourth-order valence-electron chi connectivity index (χ4n) is 1.56. The van der Waals surface area contributed by atoms with Crippen molar-refractivity contribution in [3.63, 3.8) is 0 Å². The first-order valence-electron chi connectivity index (χ1n) is 4.12. The fraction of sp³-hybridized carbons (Fsp3) is 0.182. The average Bonchev–Trinajstić information content (AvgIpc) is 2.46. The van der Waals surface area contributed by atoms with Crippen LogP contribution in [0.2, 0.25) is 0 Å². The van der Waals surface area contributed by atoms with Gasteiger partial charge in [0.2, 0.25) is 0 Å². The molecule has 1 aliphatic carbocycles. The zero-order chi connectivity index (χ0) is 9.42. The minimum Gasteiger partial charge on any atom is -0.508 e. The maximum absolute atomic E-state index is 11.1. The summed E-state index contributed by atoms with van der Waals surface area (Å²) < 4.78 is 0. The molecule has 1 aromatic rings. The molecule has 1 aliphatic rings. The van der Waals surface area contributed by atoms with Crippen LogP contribution >= 0.6 is 0 Å². The van der Waals surface area contributed by atoms with Gasteiger partial charge < -0.3 is 9.90 Å². The Morgan fingerprint density at radius 3 is 2.86 bits per heavy atom. The van der Waals surface area contributed by atoms with E-state index in [9.17, 15) is 9.90 Å². The molecule has 3 heteroatoms. The molecular formula is C11H9O2Y-. The maximum Gasteiger partial charge on any atom is 0.113 e. The van der Waals surface area contributed by atoms with Crippen LogP contribution < -0.4 is 0 Å². The Hall–Kier alpha value is -0.466. The summed E-state index contributed by atoms with van der Waals surface area (Å²) >= 11 is 0. The molecule has 14 heavy (non-hydrogen) atoms. The van der Waals surface area contributed by atoms with Gasteiger partial charge in [-0.1, -0.05) is 6.42 Å². The Bertz CT molecular complexity index is 408. The van der Waals surface area contributed by atoms with Gasteiger partial charge in [0.25, 0.3) is 0 Å². The molecule has 0 fully saturated rings. The van der Waals surface area contributed by atoms with E-state index in [-0.39, 0.29) is 44.2 Å². The number of aromatic hydroxyl groups is 1. The van der Waals surface area contributed by atoms with Crippen LogP contribution in [0.15, 0.2) is 18.2 Å². The van der Waals surface area contributed by atoms with E-state index in [4.69, 9.17) is 0 Å². The molecule has 0 heterocycles. The molecule has 0 saturated heterocycles. The summed E-state index contributed by atoms with van der Waals surface area (Å²) in [4.78, 5) is 11.1. The maximum atomic E-state index is 11.1. The van der Waals surface area contributed by atoms with Crippen LogP contribution in [0.25, 0.3) is 5.57 Å². The van der Waals surface area contributed by atoms with Gasteiger partial charge in [-0.15, -0.1) is 22.8 Å². The minimum absolute atomic E-state index is 0. The summed E-state index contributed by atoms with van der Waals surface area (Å²) in [5, 5.41) is 9.20. The third-order valence-electron chi connectivity index (χ3n) is 2.17. The van der Waals surface area contributed by atoms with Gasteiger partial charge in [0, 0.05) is 38.5 Å². The second-order valence-electron chi connectivity index (χ2n) is 3.13. The first kappa shape index (κ1) is 11.6. The predicted molar refractivity (Wildman–Crippen MR) is 49.1 cm³/mol. The quantitative estimate of drug-likeness (QED) is 0.782. The van der Waals surface area contributed by atoms with E-state index in [1.807, 2.05) is 0 Å². The standard InChI is InChI=1S/C11H9O2.Y/c1-7(12)10-4-2-8-6-9(13)3-5-11(8)10;/h3,5-6,13H,2H2,1H3;/q-1;. The molecule has 1 aromatic carbocycles. The van der Waals surface area contributed by atoms with Crippen LogP contribution in [-0.4, -0.2) is 10.9 Å². The van der Waals surface area contributed by atoms with Crippen LogP contribution in [0.1, 0.15) is 18.1 Å². The van der Waals surface area contributed by atoms with Crippen molar-refractivity contribution in [3.8, 4) is 5.75 Å². The van der Waals surface area contributed by atoms with Gasteiger partial charge in [-0.25, -0.2) is 0 Å². The number of phenols is 1. The van der Waals surface area contributed by atoms with E-state index in [0.717, 1.165) is 11.1 Å². The molecule has 2 nitrogen and oxygen atoms in total. The molecule has 0 saturated carbocycles. The summed E-state index contributed by atoms with van der Waals surface area (Å²) in [6.45, 7) is 1.53. The number of Topliss-reactive ketones (excluding diaryl/α,β-unsaturated/α-hetero) is 1. The third kappa shape index (κ3) is 1.96. The Labute approximate surface area is 108 Å². The second-order valence-corrected chi connectivity index (χ2v) is 3.13. The van der Waals surface area contributed by atoms with Gasteiger partial charge in [-0.05, 0) is 19.1 Å². The average molecular weight is 262 g/mol. The van der Waals surface area contributed by atoms with Crippen LogP contribution in [0.3, 0.4) is 0 Å². The van der Waals surface area contributed by atoms with E-state index >= 15 is 0 Å². The SMILES string of the molecule is CC(=O)C1=[C-]Cc2cc(O)ccc21.[Y]. The van der Waals surface area contributed by atoms with E-state index < -0.39 is 0 Å². The van der Waals surface area contributed by atoms with Crippen LogP contribution in [-0.2, 0) is 43.9 Å². The van der Waals surface area contributed by atoms with Gasteiger partial charge >= 0.3 is 0 Å². The van der Waals surface area contributed by atoms with Crippen LogP contribution in [0, 0.1) is 6.08 Å². The van der Waals surface area contributed by atoms with Crippen molar-refractivity contribution in [2.24, 2.45) is 0 Å². The van der Waals surface area contributed by atoms with E-state index in [2.05, 4.69) is 6.08 Å². The summed E-state index contributed by atoms with van der Waals surface area (Å²) in [7, 11) is 0. The molecule has 0 aromatic heterocycles. The smallest absolute Gasteiger partial charge is 0.113 e. The number of carbonyl (C=O) groups excluding carboxylic acids is 1. The van der Waals surface area contributed by atoms with Gasteiger partial charge in [-0.3, -0.25) is 0 Å². The molecule has 0 aliphatic heterocycles. The normalized spacial score (nSPS) is 12.8. The number of carbonyl (C=O) groups is 1. The number of rotatable bonds is 1. The van der Waals surface area contributed by atoms with Crippen molar-refractivity contribution in [2.75, 3.05) is 0 Å².